The molecule has 0 aliphatic rings. The molecular weight excluding hydrogens is 156 g/mol. The summed E-state index contributed by atoms with van der Waals surface area (Å²) in [6.45, 7) is 5.17. The van der Waals surface area contributed by atoms with Crippen LogP contribution in [-0.4, -0.2) is 36.2 Å². The Balaban J connectivity index is 3.86. The lowest BCUT2D eigenvalue weighted by Gasteiger charge is -2.13. The highest BCUT2D eigenvalue weighted by atomic mass is 16.3. The lowest BCUT2D eigenvalue weighted by molar-refractivity contribution is -0.121. The van der Waals surface area contributed by atoms with Crippen molar-refractivity contribution >= 4 is 5.91 Å². The summed E-state index contributed by atoms with van der Waals surface area (Å²) >= 11 is 0. The number of aliphatic hydroxyl groups excluding tert-OH is 1. The highest BCUT2D eigenvalue weighted by Gasteiger charge is 2.09. The maximum absolute atomic E-state index is 11.1. The number of hydrogen-bond acceptors (Lipinski definition) is 3. The highest BCUT2D eigenvalue weighted by Crippen LogP contribution is 2.01. The predicted molar refractivity (Wildman–Crippen MR) is 47.3 cm³/mol. The lowest BCUT2D eigenvalue weighted by atomic mass is 10.1. The molecule has 4 heteroatoms. The molecule has 2 N–H and O–H groups in total. The Hall–Kier alpha value is -0.870. The summed E-state index contributed by atoms with van der Waals surface area (Å²) in [5.74, 6) is -0.249. The van der Waals surface area contributed by atoms with E-state index in [0.717, 1.165) is 0 Å². The van der Waals surface area contributed by atoms with Crippen LogP contribution in [0.25, 0.3) is 0 Å². The number of rotatable bonds is 4. The minimum Gasteiger partial charge on any atom is -0.393 e. The second-order valence-corrected chi connectivity index (χ2v) is 2.99. The van der Waals surface area contributed by atoms with Crippen LogP contribution < -0.4 is 5.43 Å². The molecule has 0 bridgehead atoms. The first-order valence-electron chi connectivity index (χ1n) is 3.77. The number of hydrogen-bond donors (Lipinski definition) is 2. The van der Waals surface area contributed by atoms with Gasteiger partial charge in [0.25, 0.3) is 5.91 Å². The Morgan fingerprint density at radius 2 is 2.17 bits per heavy atom. The minimum atomic E-state index is -0.523. The molecule has 0 aromatic carbocycles. The third-order valence-corrected chi connectivity index (χ3v) is 1.19. The van der Waals surface area contributed by atoms with Gasteiger partial charge in [0.1, 0.15) is 0 Å². The van der Waals surface area contributed by atoms with Gasteiger partial charge in [0, 0.05) is 26.1 Å². The van der Waals surface area contributed by atoms with Gasteiger partial charge in [-0.3, -0.25) is 10.2 Å². The van der Waals surface area contributed by atoms with Gasteiger partial charge in [0.2, 0.25) is 0 Å². The number of hydrazine groups is 1. The van der Waals surface area contributed by atoms with Crippen molar-refractivity contribution in [1.82, 2.24) is 10.4 Å². The molecule has 0 aliphatic carbocycles. The Morgan fingerprint density at radius 1 is 1.67 bits per heavy atom. The summed E-state index contributed by atoms with van der Waals surface area (Å²) < 4.78 is 0. The van der Waals surface area contributed by atoms with Crippen LogP contribution in [0.3, 0.4) is 0 Å². The van der Waals surface area contributed by atoms with E-state index in [0.29, 0.717) is 12.0 Å². The van der Waals surface area contributed by atoms with Crippen LogP contribution in [-0.2, 0) is 4.79 Å². The zero-order valence-corrected chi connectivity index (χ0v) is 7.79. The van der Waals surface area contributed by atoms with Gasteiger partial charge in [-0.15, -0.1) is 0 Å². The fourth-order valence-corrected chi connectivity index (χ4v) is 0.731. The Bertz CT molecular complexity index is 156. The van der Waals surface area contributed by atoms with Crippen molar-refractivity contribution in [2.24, 2.45) is 0 Å². The number of amides is 1. The molecule has 0 radical (unpaired) electrons. The predicted octanol–water partition coefficient (Wildman–Crippen LogP) is -0.0937. The molecule has 1 amide bonds. The number of carbonyl (C=O) groups is 1. The number of carbonyl (C=O) groups excluding carboxylic acids is 1. The first kappa shape index (κ1) is 11.1. The van der Waals surface area contributed by atoms with Crippen LogP contribution in [0.4, 0.5) is 0 Å². The molecule has 4 nitrogen and oxygen atoms in total. The second kappa shape index (κ2) is 4.90. The van der Waals surface area contributed by atoms with Crippen molar-refractivity contribution in [3.8, 4) is 0 Å². The molecular formula is C8H16N2O2. The van der Waals surface area contributed by atoms with Crippen LogP contribution in [0.5, 0.6) is 0 Å². The monoisotopic (exact) mass is 172 g/mol. The molecule has 12 heavy (non-hydrogen) atoms. The Morgan fingerprint density at radius 3 is 2.50 bits per heavy atom. The summed E-state index contributed by atoms with van der Waals surface area (Å²) in [4.78, 5) is 11.1. The molecule has 0 spiro atoms. The van der Waals surface area contributed by atoms with Gasteiger partial charge in [-0.25, -0.2) is 5.01 Å². The van der Waals surface area contributed by atoms with E-state index in [1.165, 1.54) is 5.01 Å². The summed E-state index contributed by atoms with van der Waals surface area (Å²) in [6, 6.07) is 0. The minimum absolute atomic E-state index is 0.249. The van der Waals surface area contributed by atoms with Crippen LogP contribution in [0.2, 0.25) is 0 Å². The normalized spacial score (nSPS) is 12.8. The maximum Gasteiger partial charge on any atom is 0.260 e. The van der Waals surface area contributed by atoms with E-state index < -0.39 is 6.10 Å². The van der Waals surface area contributed by atoms with Gasteiger partial charge in [-0.05, 0) is 6.92 Å². The molecule has 70 valence electrons. The summed E-state index contributed by atoms with van der Waals surface area (Å²) in [7, 11) is 3.43. The molecule has 0 rings (SSSR count). The molecule has 0 aliphatic heterocycles. The number of nitrogens with one attached hydrogen (secondary N) is 1. The van der Waals surface area contributed by atoms with Crippen molar-refractivity contribution in [3.63, 3.8) is 0 Å². The van der Waals surface area contributed by atoms with E-state index in [1.54, 1.807) is 21.0 Å². The maximum atomic E-state index is 11.1. The van der Waals surface area contributed by atoms with Gasteiger partial charge in [-0.1, -0.05) is 6.58 Å². The molecule has 0 saturated carbocycles. The summed E-state index contributed by atoms with van der Waals surface area (Å²) in [5, 5.41) is 10.5. The third-order valence-electron chi connectivity index (χ3n) is 1.19. The van der Waals surface area contributed by atoms with Crippen molar-refractivity contribution in [2.45, 2.75) is 19.4 Å². The zero-order valence-electron chi connectivity index (χ0n) is 7.79. The smallest absolute Gasteiger partial charge is 0.260 e. The Kier molecular flexibility index (Phi) is 4.54. The van der Waals surface area contributed by atoms with Crippen LogP contribution in [0.15, 0.2) is 12.2 Å². The SMILES string of the molecule is C=C(CC(C)O)C(=O)NN(C)C. The van der Waals surface area contributed by atoms with Gasteiger partial charge >= 0.3 is 0 Å². The Labute approximate surface area is 72.8 Å². The quantitative estimate of drug-likeness (QED) is 0.460. The molecule has 1 unspecified atom stereocenters. The van der Waals surface area contributed by atoms with E-state index in [-0.39, 0.29) is 5.91 Å². The van der Waals surface area contributed by atoms with E-state index >= 15 is 0 Å². The van der Waals surface area contributed by atoms with Crippen LogP contribution in [0.1, 0.15) is 13.3 Å². The zero-order chi connectivity index (χ0) is 9.72. The summed E-state index contributed by atoms with van der Waals surface area (Å²) in [6.07, 6.45) is -0.218. The van der Waals surface area contributed by atoms with Gasteiger partial charge < -0.3 is 5.11 Å². The van der Waals surface area contributed by atoms with E-state index in [4.69, 9.17) is 5.11 Å². The van der Waals surface area contributed by atoms with Crippen molar-refractivity contribution in [2.75, 3.05) is 14.1 Å². The van der Waals surface area contributed by atoms with E-state index in [2.05, 4.69) is 12.0 Å². The average Bonchev–Trinajstić information content (AvgIpc) is 1.84. The van der Waals surface area contributed by atoms with Crippen molar-refractivity contribution in [3.05, 3.63) is 12.2 Å². The van der Waals surface area contributed by atoms with Crippen molar-refractivity contribution < 1.29 is 9.90 Å². The number of aliphatic hydroxyl groups is 1. The number of nitrogens with zero attached hydrogens (tertiary/aromatic N) is 1. The second-order valence-electron chi connectivity index (χ2n) is 2.99. The van der Waals surface area contributed by atoms with Crippen LogP contribution in [0, 0.1) is 0 Å². The van der Waals surface area contributed by atoms with Crippen LogP contribution >= 0.6 is 0 Å². The summed E-state index contributed by atoms with van der Waals surface area (Å²) in [5.41, 5.74) is 2.92. The first-order valence-corrected chi connectivity index (χ1v) is 3.77. The molecule has 0 saturated heterocycles. The topological polar surface area (TPSA) is 52.6 Å². The lowest BCUT2D eigenvalue weighted by Crippen LogP contribution is -2.37. The fourth-order valence-electron chi connectivity index (χ4n) is 0.731. The van der Waals surface area contributed by atoms with Gasteiger partial charge in [-0.2, -0.15) is 0 Å². The standard InChI is InChI=1S/C8H16N2O2/c1-6(5-7(2)11)8(12)9-10(3)4/h7,11H,1,5H2,2-4H3,(H,9,12). The molecule has 0 aromatic rings. The highest BCUT2D eigenvalue weighted by molar-refractivity contribution is 5.92. The first-order chi connectivity index (χ1) is 5.43. The molecule has 0 aromatic heterocycles. The van der Waals surface area contributed by atoms with Crippen molar-refractivity contribution in [1.29, 1.82) is 0 Å². The van der Waals surface area contributed by atoms with Gasteiger partial charge in [0.15, 0.2) is 0 Å². The van der Waals surface area contributed by atoms with E-state index in [1.807, 2.05) is 0 Å². The van der Waals surface area contributed by atoms with Gasteiger partial charge in [0.05, 0.1) is 6.10 Å². The third kappa shape index (κ3) is 4.87. The average molecular weight is 172 g/mol. The van der Waals surface area contributed by atoms with E-state index in [9.17, 15) is 4.79 Å². The molecule has 0 heterocycles. The largest absolute Gasteiger partial charge is 0.393 e. The fraction of sp³-hybridized carbons (Fsp3) is 0.625. The molecule has 0 fully saturated rings. The molecule has 1 atom stereocenters.